The predicted molar refractivity (Wildman–Crippen MR) is 63.2 cm³/mol. The van der Waals surface area contributed by atoms with Gasteiger partial charge in [-0.15, -0.1) is 0 Å². The fourth-order valence-electron chi connectivity index (χ4n) is 1.54. The van der Waals surface area contributed by atoms with Crippen LogP contribution < -0.4 is 6.15 Å². The summed E-state index contributed by atoms with van der Waals surface area (Å²) in [5.74, 6) is 0.373. The molecule has 0 aliphatic rings. The van der Waals surface area contributed by atoms with Gasteiger partial charge in [0, 0.05) is 17.8 Å². The van der Waals surface area contributed by atoms with Crippen LogP contribution in [0.25, 0.3) is 0 Å². The van der Waals surface area contributed by atoms with Gasteiger partial charge in [0.05, 0.1) is 0 Å². The lowest BCUT2D eigenvalue weighted by Crippen LogP contribution is -1.97. The first kappa shape index (κ1) is 11.4. The summed E-state index contributed by atoms with van der Waals surface area (Å²) in [5, 5.41) is 0. The van der Waals surface area contributed by atoms with Gasteiger partial charge < -0.3 is 6.15 Å². The third kappa shape index (κ3) is 2.64. The fraction of sp³-hybridized carbons (Fsp3) is 0.154. The van der Waals surface area contributed by atoms with Crippen molar-refractivity contribution in [1.29, 1.82) is 0 Å². The molecule has 0 fully saturated rings. The zero-order valence-electron chi connectivity index (χ0n) is 8.93. The van der Waals surface area contributed by atoms with Crippen LogP contribution in [0.15, 0.2) is 54.7 Å². The van der Waals surface area contributed by atoms with E-state index >= 15 is 0 Å². The molecule has 3 N–H and O–H groups in total. The van der Waals surface area contributed by atoms with E-state index in [1.165, 1.54) is 5.56 Å². The van der Waals surface area contributed by atoms with Crippen molar-refractivity contribution in [3.8, 4) is 0 Å². The number of pyridine rings is 1. The van der Waals surface area contributed by atoms with Crippen molar-refractivity contribution < 1.29 is 0 Å². The highest BCUT2D eigenvalue weighted by Gasteiger charge is 2.07. The second-order valence-corrected chi connectivity index (χ2v) is 3.39. The number of aromatic nitrogens is 1. The number of hydrogen-bond donors (Lipinski definition) is 1. The molecule has 1 atom stereocenters. The highest BCUT2D eigenvalue weighted by atomic mass is 14.7. The van der Waals surface area contributed by atoms with E-state index in [1.807, 2.05) is 24.4 Å². The first-order valence-electron chi connectivity index (χ1n) is 4.84. The maximum atomic E-state index is 4.36. The van der Waals surface area contributed by atoms with Crippen molar-refractivity contribution in [2.24, 2.45) is 0 Å². The summed E-state index contributed by atoms with van der Waals surface area (Å²) in [4.78, 5) is 4.36. The maximum absolute atomic E-state index is 4.36. The van der Waals surface area contributed by atoms with Gasteiger partial charge in [-0.2, -0.15) is 0 Å². The fourth-order valence-corrected chi connectivity index (χ4v) is 1.54. The molecule has 0 spiro atoms. The number of nitrogens with zero attached hydrogens (tertiary/aromatic N) is 1. The highest BCUT2D eigenvalue weighted by molar-refractivity contribution is 5.27. The van der Waals surface area contributed by atoms with Crippen molar-refractivity contribution >= 4 is 0 Å². The summed E-state index contributed by atoms with van der Waals surface area (Å²) >= 11 is 0. The van der Waals surface area contributed by atoms with Crippen LogP contribution in [0.2, 0.25) is 0 Å². The molecule has 15 heavy (non-hydrogen) atoms. The molecule has 2 nitrogen and oxygen atoms in total. The van der Waals surface area contributed by atoms with Crippen LogP contribution >= 0.6 is 0 Å². The topological polar surface area (TPSA) is 47.9 Å². The molecule has 0 saturated carbocycles. The molecule has 1 unspecified atom stereocenters. The second kappa shape index (κ2) is 5.27. The largest absolute Gasteiger partial charge is 0.344 e. The molecule has 0 amide bonds. The molecule has 0 bridgehead atoms. The van der Waals surface area contributed by atoms with Gasteiger partial charge in [-0.25, -0.2) is 0 Å². The molecule has 0 saturated heterocycles. The van der Waals surface area contributed by atoms with E-state index in [4.69, 9.17) is 0 Å². The Morgan fingerprint density at radius 1 is 0.933 bits per heavy atom. The van der Waals surface area contributed by atoms with Gasteiger partial charge in [0.1, 0.15) is 0 Å². The van der Waals surface area contributed by atoms with Crippen LogP contribution in [0.4, 0.5) is 0 Å². The second-order valence-electron chi connectivity index (χ2n) is 3.39. The quantitative estimate of drug-likeness (QED) is 0.807. The van der Waals surface area contributed by atoms with E-state index in [-0.39, 0.29) is 6.15 Å². The average Bonchev–Trinajstić information content (AvgIpc) is 2.30. The van der Waals surface area contributed by atoms with Crippen molar-refractivity contribution in [2.45, 2.75) is 12.8 Å². The summed E-state index contributed by atoms with van der Waals surface area (Å²) in [6.45, 7) is 2.18. The van der Waals surface area contributed by atoms with E-state index < -0.39 is 0 Å². The molecule has 2 heteroatoms. The minimum atomic E-state index is 0. The molecule has 1 heterocycles. The maximum Gasteiger partial charge on any atom is 0.0475 e. The molecule has 0 aliphatic carbocycles. The molecule has 78 valence electrons. The van der Waals surface area contributed by atoms with Crippen LogP contribution in [0, 0.1) is 0 Å². The minimum Gasteiger partial charge on any atom is -0.344 e. The van der Waals surface area contributed by atoms with E-state index in [1.54, 1.807) is 0 Å². The summed E-state index contributed by atoms with van der Waals surface area (Å²) < 4.78 is 0. The smallest absolute Gasteiger partial charge is 0.0475 e. The Hall–Kier alpha value is -1.67. The monoisotopic (exact) mass is 200 g/mol. The van der Waals surface area contributed by atoms with E-state index in [0.29, 0.717) is 5.92 Å². The SMILES string of the molecule is CC(c1ccccc1)c1ccccn1.N. The molecule has 2 rings (SSSR count). The first-order chi connectivity index (χ1) is 6.88. The van der Waals surface area contributed by atoms with Gasteiger partial charge in [0.15, 0.2) is 0 Å². The third-order valence-electron chi connectivity index (χ3n) is 2.43. The molecule has 1 aromatic heterocycles. The van der Waals surface area contributed by atoms with Crippen LogP contribution in [0.5, 0.6) is 0 Å². The molecular weight excluding hydrogens is 184 g/mol. The minimum absolute atomic E-state index is 0. The lowest BCUT2D eigenvalue weighted by Gasteiger charge is -2.10. The number of hydrogen-bond acceptors (Lipinski definition) is 2. The average molecular weight is 200 g/mol. The third-order valence-corrected chi connectivity index (χ3v) is 2.43. The van der Waals surface area contributed by atoms with Gasteiger partial charge >= 0.3 is 0 Å². The summed E-state index contributed by atoms with van der Waals surface area (Å²) in [6.07, 6.45) is 1.84. The Kier molecular flexibility index (Phi) is 4.01. The summed E-state index contributed by atoms with van der Waals surface area (Å²) in [6, 6.07) is 16.5. The van der Waals surface area contributed by atoms with E-state index in [0.717, 1.165) is 5.69 Å². The van der Waals surface area contributed by atoms with Gasteiger partial charge in [-0.05, 0) is 17.7 Å². The number of rotatable bonds is 2. The summed E-state index contributed by atoms with van der Waals surface area (Å²) in [5.41, 5.74) is 2.44. The van der Waals surface area contributed by atoms with Crippen LogP contribution in [-0.2, 0) is 0 Å². The first-order valence-corrected chi connectivity index (χ1v) is 4.84. The van der Waals surface area contributed by atoms with Crippen molar-refractivity contribution in [1.82, 2.24) is 11.1 Å². The summed E-state index contributed by atoms with van der Waals surface area (Å²) in [7, 11) is 0. The van der Waals surface area contributed by atoms with Crippen LogP contribution in [0.3, 0.4) is 0 Å². The van der Waals surface area contributed by atoms with E-state index in [2.05, 4.69) is 42.2 Å². The van der Waals surface area contributed by atoms with Crippen molar-refractivity contribution in [3.63, 3.8) is 0 Å². The van der Waals surface area contributed by atoms with Gasteiger partial charge in [0.25, 0.3) is 0 Å². The normalized spacial score (nSPS) is 11.5. The zero-order chi connectivity index (χ0) is 9.80. The standard InChI is InChI=1S/C13H13N.H3N/c1-11(12-7-3-2-4-8-12)13-9-5-6-10-14-13;/h2-11H,1H3;1H3. The predicted octanol–water partition coefficient (Wildman–Crippen LogP) is 3.40. The Labute approximate surface area is 90.6 Å². The molecular formula is C13H16N2. The molecule has 2 aromatic rings. The zero-order valence-corrected chi connectivity index (χ0v) is 8.93. The van der Waals surface area contributed by atoms with Crippen molar-refractivity contribution in [3.05, 3.63) is 66.0 Å². The number of benzene rings is 1. The highest BCUT2D eigenvalue weighted by Crippen LogP contribution is 2.21. The van der Waals surface area contributed by atoms with Gasteiger partial charge in [0.2, 0.25) is 0 Å². The Morgan fingerprint density at radius 3 is 2.20 bits per heavy atom. The lowest BCUT2D eigenvalue weighted by molar-refractivity contribution is 0.871. The Balaban J connectivity index is 0.00000112. The lowest BCUT2D eigenvalue weighted by atomic mass is 9.97. The molecule has 0 aliphatic heterocycles. The Bertz CT molecular complexity index is 344. The van der Waals surface area contributed by atoms with Crippen molar-refractivity contribution in [2.75, 3.05) is 0 Å². The molecule has 1 aromatic carbocycles. The van der Waals surface area contributed by atoms with E-state index in [9.17, 15) is 0 Å². The van der Waals surface area contributed by atoms with Gasteiger partial charge in [-0.1, -0.05) is 43.3 Å². The van der Waals surface area contributed by atoms with Crippen LogP contribution in [0.1, 0.15) is 24.1 Å². The van der Waals surface area contributed by atoms with Crippen LogP contribution in [-0.4, -0.2) is 4.98 Å². The van der Waals surface area contributed by atoms with Gasteiger partial charge in [-0.3, -0.25) is 4.98 Å². The molecule has 0 radical (unpaired) electrons. The Morgan fingerprint density at radius 2 is 1.60 bits per heavy atom.